The van der Waals surface area contributed by atoms with Gasteiger partial charge in [0.15, 0.2) is 0 Å². The van der Waals surface area contributed by atoms with Crippen molar-refractivity contribution in [1.29, 1.82) is 0 Å². The summed E-state index contributed by atoms with van der Waals surface area (Å²) in [7, 11) is 0. The Morgan fingerprint density at radius 1 is 1.52 bits per heavy atom. The fourth-order valence-corrected chi connectivity index (χ4v) is 3.32. The van der Waals surface area contributed by atoms with Crippen molar-refractivity contribution < 1.29 is 14.0 Å². The highest BCUT2D eigenvalue weighted by atomic mass is 32.2. The van der Waals surface area contributed by atoms with Crippen LogP contribution in [0.25, 0.3) is 0 Å². The Morgan fingerprint density at radius 3 is 3.08 bits per heavy atom. The number of benzene rings is 1. The van der Waals surface area contributed by atoms with E-state index >= 15 is 0 Å². The minimum absolute atomic E-state index is 0.135. The molecule has 1 aliphatic heterocycles. The lowest BCUT2D eigenvalue weighted by Crippen LogP contribution is -2.34. The van der Waals surface area contributed by atoms with Crippen LogP contribution in [0.2, 0.25) is 0 Å². The number of aromatic nitrogens is 3. The van der Waals surface area contributed by atoms with E-state index < -0.39 is 11.7 Å². The minimum atomic E-state index is -0.425. The second-order valence-electron chi connectivity index (χ2n) is 5.73. The molecular weight excluding hydrogens is 345 g/mol. The van der Waals surface area contributed by atoms with Crippen LogP contribution in [0.5, 0.6) is 0 Å². The highest BCUT2D eigenvalue weighted by Crippen LogP contribution is 2.25. The van der Waals surface area contributed by atoms with Gasteiger partial charge < -0.3 is 10.2 Å². The first kappa shape index (κ1) is 17.4. The van der Waals surface area contributed by atoms with Gasteiger partial charge in [0.05, 0.1) is 5.92 Å². The predicted octanol–water partition coefficient (Wildman–Crippen LogP) is 1.51. The first-order chi connectivity index (χ1) is 12.0. The number of aryl methyl sites for hydroxylation is 1. The van der Waals surface area contributed by atoms with Crippen LogP contribution in [0, 0.1) is 18.7 Å². The van der Waals surface area contributed by atoms with E-state index in [9.17, 15) is 14.0 Å². The smallest absolute Gasteiger partial charge is 0.227 e. The van der Waals surface area contributed by atoms with E-state index in [-0.39, 0.29) is 24.8 Å². The average Bonchev–Trinajstić information content (AvgIpc) is 3.17. The summed E-state index contributed by atoms with van der Waals surface area (Å²) in [6, 6.07) is 5.83. The van der Waals surface area contributed by atoms with Gasteiger partial charge in [0.1, 0.15) is 11.6 Å². The number of nitrogens with one attached hydrogen (secondary N) is 2. The summed E-state index contributed by atoms with van der Waals surface area (Å²) < 4.78 is 13.3. The number of hydrogen-bond acceptors (Lipinski definition) is 5. The van der Waals surface area contributed by atoms with Gasteiger partial charge in [-0.2, -0.15) is 0 Å². The number of H-pyrrole nitrogens is 1. The number of anilines is 1. The van der Waals surface area contributed by atoms with E-state index in [0.717, 1.165) is 5.82 Å². The van der Waals surface area contributed by atoms with E-state index in [0.29, 0.717) is 23.1 Å². The highest BCUT2D eigenvalue weighted by molar-refractivity contribution is 7.99. The lowest BCUT2D eigenvalue weighted by molar-refractivity contribution is -0.126. The maximum Gasteiger partial charge on any atom is 0.227 e. The Bertz CT molecular complexity index is 781. The second kappa shape index (κ2) is 7.64. The first-order valence-electron chi connectivity index (χ1n) is 7.88. The molecule has 0 bridgehead atoms. The van der Waals surface area contributed by atoms with Gasteiger partial charge >= 0.3 is 0 Å². The van der Waals surface area contributed by atoms with Crippen LogP contribution in [0.3, 0.4) is 0 Å². The SMILES string of the molecule is Cc1nc(SCCNC(=O)C2CC(=O)N(c3cccc(F)c3)C2)n[nH]1. The molecule has 3 rings (SSSR count). The van der Waals surface area contributed by atoms with Crippen molar-refractivity contribution in [2.45, 2.75) is 18.5 Å². The molecule has 2 amide bonds. The van der Waals surface area contributed by atoms with Gasteiger partial charge in [0.25, 0.3) is 0 Å². The van der Waals surface area contributed by atoms with Crippen LogP contribution in [-0.4, -0.2) is 45.8 Å². The molecule has 0 spiro atoms. The number of carbonyl (C=O) groups excluding carboxylic acids is 2. The Balaban J connectivity index is 1.47. The van der Waals surface area contributed by atoms with Gasteiger partial charge in [-0.25, -0.2) is 9.37 Å². The molecule has 2 heterocycles. The van der Waals surface area contributed by atoms with E-state index in [1.807, 2.05) is 6.92 Å². The van der Waals surface area contributed by atoms with E-state index in [4.69, 9.17) is 0 Å². The molecule has 1 aliphatic rings. The molecule has 1 saturated heterocycles. The zero-order valence-corrected chi connectivity index (χ0v) is 14.5. The molecule has 1 unspecified atom stereocenters. The molecule has 0 saturated carbocycles. The molecule has 7 nitrogen and oxygen atoms in total. The largest absolute Gasteiger partial charge is 0.355 e. The van der Waals surface area contributed by atoms with Crippen molar-refractivity contribution in [2.24, 2.45) is 5.92 Å². The topological polar surface area (TPSA) is 91.0 Å². The van der Waals surface area contributed by atoms with Gasteiger partial charge in [-0.15, -0.1) is 5.10 Å². The molecule has 2 aromatic rings. The fourth-order valence-electron chi connectivity index (χ4n) is 2.62. The van der Waals surface area contributed by atoms with Crippen LogP contribution in [-0.2, 0) is 9.59 Å². The Hall–Kier alpha value is -2.42. The summed E-state index contributed by atoms with van der Waals surface area (Å²) in [5.74, 6) is 0.213. The highest BCUT2D eigenvalue weighted by Gasteiger charge is 2.35. The maximum atomic E-state index is 13.3. The number of nitrogens with zero attached hydrogens (tertiary/aromatic N) is 3. The maximum absolute atomic E-state index is 13.3. The van der Waals surface area contributed by atoms with Gasteiger partial charge in [-0.3, -0.25) is 14.7 Å². The van der Waals surface area contributed by atoms with E-state index in [1.165, 1.54) is 28.8 Å². The number of thioether (sulfide) groups is 1. The normalized spacial score (nSPS) is 17.1. The lowest BCUT2D eigenvalue weighted by Gasteiger charge is -2.16. The predicted molar refractivity (Wildman–Crippen MR) is 91.7 cm³/mol. The quantitative estimate of drug-likeness (QED) is 0.600. The molecule has 2 N–H and O–H groups in total. The summed E-state index contributed by atoms with van der Waals surface area (Å²) in [6.45, 7) is 2.55. The minimum Gasteiger partial charge on any atom is -0.355 e. The number of aromatic amines is 1. The van der Waals surface area contributed by atoms with Crippen LogP contribution in [0.4, 0.5) is 10.1 Å². The van der Waals surface area contributed by atoms with Crippen LogP contribution >= 0.6 is 11.8 Å². The molecule has 132 valence electrons. The van der Waals surface area contributed by atoms with Crippen LogP contribution in [0.15, 0.2) is 29.4 Å². The van der Waals surface area contributed by atoms with Crippen molar-refractivity contribution >= 4 is 29.3 Å². The van der Waals surface area contributed by atoms with Gasteiger partial charge in [0.2, 0.25) is 17.0 Å². The summed E-state index contributed by atoms with van der Waals surface area (Å²) in [4.78, 5) is 30.0. The zero-order chi connectivity index (χ0) is 17.8. The van der Waals surface area contributed by atoms with E-state index in [2.05, 4.69) is 20.5 Å². The molecule has 9 heteroatoms. The number of halogens is 1. The van der Waals surface area contributed by atoms with Crippen molar-refractivity contribution in [3.63, 3.8) is 0 Å². The molecule has 0 aliphatic carbocycles. The first-order valence-corrected chi connectivity index (χ1v) is 8.87. The standard InChI is InChI=1S/C16H18FN5O2S/c1-10-19-16(21-20-10)25-6-5-18-15(24)11-7-14(23)22(9-11)13-4-2-3-12(17)8-13/h2-4,8,11H,5-7,9H2,1H3,(H,18,24)(H,19,20,21). The fraction of sp³-hybridized carbons (Fsp3) is 0.375. The number of hydrogen-bond donors (Lipinski definition) is 2. The monoisotopic (exact) mass is 363 g/mol. The van der Waals surface area contributed by atoms with Crippen LogP contribution < -0.4 is 10.2 Å². The Kier molecular flexibility index (Phi) is 5.32. The van der Waals surface area contributed by atoms with Gasteiger partial charge in [-0.05, 0) is 25.1 Å². The molecular formula is C16H18FN5O2S. The average molecular weight is 363 g/mol. The van der Waals surface area contributed by atoms with Gasteiger partial charge in [0, 0.05) is 31.0 Å². The number of rotatable bonds is 6. The lowest BCUT2D eigenvalue weighted by atomic mass is 10.1. The third kappa shape index (κ3) is 4.36. The third-order valence-electron chi connectivity index (χ3n) is 3.82. The molecule has 1 fully saturated rings. The summed E-state index contributed by atoms with van der Waals surface area (Å²) >= 11 is 1.44. The summed E-state index contributed by atoms with van der Waals surface area (Å²) in [6.07, 6.45) is 0.135. The van der Waals surface area contributed by atoms with Crippen molar-refractivity contribution in [3.05, 3.63) is 35.9 Å². The van der Waals surface area contributed by atoms with Crippen molar-refractivity contribution in [1.82, 2.24) is 20.5 Å². The number of carbonyl (C=O) groups is 2. The Morgan fingerprint density at radius 2 is 2.36 bits per heavy atom. The Labute approximate surface area is 148 Å². The van der Waals surface area contributed by atoms with Crippen LogP contribution in [0.1, 0.15) is 12.2 Å². The third-order valence-corrected chi connectivity index (χ3v) is 4.67. The summed E-state index contributed by atoms with van der Waals surface area (Å²) in [5, 5.41) is 10.2. The summed E-state index contributed by atoms with van der Waals surface area (Å²) in [5.41, 5.74) is 0.482. The number of amides is 2. The van der Waals surface area contributed by atoms with E-state index in [1.54, 1.807) is 12.1 Å². The molecule has 1 aromatic heterocycles. The molecule has 0 radical (unpaired) electrons. The molecule has 1 atom stereocenters. The van der Waals surface area contributed by atoms with Crippen molar-refractivity contribution in [2.75, 3.05) is 23.7 Å². The molecule has 1 aromatic carbocycles. The molecule has 25 heavy (non-hydrogen) atoms. The van der Waals surface area contributed by atoms with Gasteiger partial charge in [-0.1, -0.05) is 17.8 Å². The van der Waals surface area contributed by atoms with Crippen molar-refractivity contribution in [3.8, 4) is 0 Å². The second-order valence-corrected chi connectivity index (χ2v) is 6.79. The zero-order valence-electron chi connectivity index (χ0n) is 13.7.